The molecule has 1 amide bonds. The van der Waals surface area contributed by atoms with E-state index < -0.39 is 17.5 Å². The molecule has 1 aliphatic heterocycles. The molecule has 0 saturated carbocycles. The second kappa shape index (κ2) is 11.4. The maximum Gasteiger partial charge on any atom is 0.303 e. The van der Waals surface area contributed by atoms with Gasteiger partial charge in [-0.15, -0.1) is 0 Å². The minimum absolute atomic E-state index is 0.00569. The fourth-order valence-electron chi connectivity index (χ4n) is 4.56. The molecule has 11 heteroatoms. The fourth-order valence-corrected chi connectivity index (χ4v) is 4.69. The topological polar surface area (TPSA) is 124 Å². The number of nitrogens with zero attached hydrogens (tertiary/aromatic N) is 3. The molecule has 0 bridgehead atoms. The van der Waals surface area contributed by atoms with Gasteiger partial charge in [-0.05, 0) is 48.9 Å². The maximum atomic E-state index is 12.7. The van der Waals surface area contributed by atoms with Gasteiger partial charge in [-0.1, -0.05) is 29.7 Å². The molecule has 1 fully saturated rings. The van der Waals surface area contributed by atoms with Crippen molar-refractivity contribution >= 4 is 23.5 Å². The number of aliphatic hydroxyl groups is 1. The van der Waals surface area contributed by atoms with E-state index in [1.54, 1.807) is 42.2 Å². The van der Waals surface area contributed by atoms with Crippen LogP contribution in [-0.4, -0.2) is 64.9 Å². The van der Waals surface area contributed by atoms with Crippen LogP contribution in [0.5, 0.6) is 11.5 Å². The van der Waals surface area contributed by atoms with Crippen molar-refractivity contribution in [3.8, 4) is 22.9 Å². The second-order valence-corrected chi connectivity index (χ2v) is 9.94. The number of aromatic nitrogens is 2. The number of carbonyl (C=O) groups excluding carboxylic acids is 2. The van der Waals surface area contributed by atoms with E-state index in [0.717, 1.165) is 11.1 Å². The highest BCUT2D eigenvalue weighted by molar-refractivity contribution is 6.30. The Labute approximate surface area is 225 Å². The fraction of sp³-hybridized carbons (Fsp3) is 0.407. The molecule has 202 valence electrons. The quantitative estimate of drug-likeness (QED) is 0.400. The molecule has 0 aliphatic carbocycles. The van der Waals surface area contributed by atoms with E-state index in [4.69, 9.17) is 30.3 Å². The largest absolute Gasteiger partial charge is 0.493 e. The molecule has 2 aromatic carbocycles. The normalized spacial score (nSPS) is 19.7. The van der Waals surface area contributed by atoms with Crippen molar-refractivity contribution in [2.45, 2.75) is 39.4 Å². The zero-order valence-corrected chi connectivity index (χ0v) is 22.4. The van der Waals surface area contributed by atoms with Crippen LogP contribution in [0.15, 0.2) is 47.0 Å². The lowest BCUT2D eigenvalue weighted by molar-refractivity contribution is -0.150. The number of hydrogen-bond donors (Lipinski definition) is 1. The van der Waals surface area contributed by atoms with Crippen LogP contribution in [0.4, 0.5) is 0 Å². The van der Waals surface area contributed by atoms with Gasteiger partial charge < -0.3 is 28.7 Å². The van der Waals surface area contributed by atoms with Crippen LogP contribution in [0.1, 0.15) is 38.1 Å². The number of aliphatic hydroxyl groups excluding tert-OH is 1. The molecule has 3 aromatic rings. The Morgan fingerprint density at radius 2 is 1.97 bits per heavy atom. The summed E-state index contributed by atoms with van der Waals surface area (Å²) in [4.78, 5) is 29.8. The number of halogens is 1. The SMILES string of the molecule is COc1ccc([C@@H]2CN(C(=O)COC(C)=O)C[C@@]2(C)[C@@H](C)O)cc1OCc1nc(-c2ccc(Cl)cc2)no1. The van der Waals surface area contributed by atoms with E-state index >= 15 is 0 Å². The first-order valence-electron chi connectivity index (χ1n) is 12.1. The minimum Gasteiger partial charge on any atom is -0.493 e. The smallest absolute Gasteiger partial charge is 0.303 e. The highest BCUT2D eigenvalue weighted by atomic mass is 35.5. The zero-order chi connectivity index (χ0) is 27.4. The third-order valence-corrected chi connectivity index (χ3v) is 7.20. The lowest BCUT2D eigenvalue weighted by Crippen LogP contribution is -2.39. The molecular formula is C27H30ClN3O7. The summed E-state index contributed by atoms with van der Waals surface area (Å²) in [7, 11) is 1.54. The number of carbonyl (C=O) groups is 2. The molecular weight excluding hydrogens is 514 g/mol. The number of ether oxygens (including phenoxy) is 3. The Hall–Kier alpha value is -3.63. The number of benzene rings is 2. The standard InChI is InChI=1S/C27H30ClN3O7/c1-16(32)27(3)15-31(25(34)14-36-17(2)33)12-21(27)19-7-10-22(35-4)23(11-19)37-13-24-29-26(30-38-24)18-5-8-20(28)9-6-18/h5-11,16,21,32H,12-15H2,1-4H3/t16-,21+,27+/m1/s1. The Morgan fingerprint density at radius 1 is 1.24 bits per heavy atom. The minimum atomic E-state index is -0.713. The van der Waals surface area contributed by atoms with E-state index in [2.05, 4.69) is 10.1 Å². The van der Waals surface area contributed by atoms with Crippen molar-refractivity contribution in [1.82, 2.24) is 15.0 Å². The highest BCUT2D eigenvalue weighted by Crippen LogP contribution is 2.47. The average molecular weight is 544 g/mol. The Kier molecular flexibility index (Phi) is 8.23. The molecule has 4 rings (SSSR count). The number of amides is 1. The third-order valence-electron chi connectivity index (χ3n) is 6.95. The summed E-state index contributed by atoms with van der Waals surface area (Å²) in [5.74, 6) is 0.604. The van der Waals surface area contributed by atoms with E-state index in [0.29, 0.717) is 35.4 Å². The van der Waals surface area contributed by atoms with Crippen LogP contribution in [0.25, 0.3) is 11.4 Å². The molecule has 0 unspecified atom stereocenters. The van der Waals surface area contributed by atoms with Crippen LogP contribution >= 0.6 is 11.6 Å². The molecule has 10 nitrogen and oxygen atoms in total. The van der Waals surface area contributed by atoms with Crippen LogP contribution in [0.2, 0.25) is 5.02 Å². The molecule has 3 atom stereocenters. The van der Waals surface area contributed by atoms with Gasteiger partial charge in [0.05, 0.1) is 13.2 Å². The van der Waals surface area contributed by atoms with Gasteiger partial charge in [0, 0.05) is 41.9 Å². The molecule has 1 saturated heterocycles. The molecule has 1 N–H and O–H groups in total. The Bertz CT molecular complexity index is 1290. The van der Waals surface area contributed by atoms with Crippen molar-refractivity contribution in [3.63, 3.8) is 0 Å². The lowest BCUT2D eigenvalue weighted by Gasteiger charge is -2.33. The second-order valence-electron chi connectivity index (χ2n) is 9.51. The highest BCUT2D eigenvalue weighted by Gasteiger charge is 2.48. The van der Waals surface area contributed by atoms with Gasteiger partial charge in [-0.2, -0.15) is 4.98 Å². The maximum absolute atomic E-state index is 12.7. The number of likely N-dealkylation sites (tertiary alicyclic amines) is 1. The van der Waals surface area contributed by atoms with Crippen LogP contribution < -0.4 is 9.47 Å². The Morgan fingerprint density at radius 3 is 2.63 bits per heavy atom. The van der Waals surface area contributed by atoms with Crippen molar-refractivity contribution in [1.29, 1.82) is 0 Å². The van der Waals surface area contributed by atoms with Gasteiger partial charge in [0.1, 0.15) is 0 Å². The van der Waals surface area contributed by atoms with Crippen LogP contribution in [0, 0.1) is 5.41 Å². The number of rotatable bonds is 9. The molecule has 38 heavy (non-hydrogen) atoms. The van der Waals surface area contributed by atoms with Crippen molar-refractivity contribution in [2.75, 3.05) is 26.8 Å². The summed E-state index contributed by atoms with van der Waals surface area (Å²) in [5, 5.41) is 15.3. The molecule has 0 radical (unpaired) electrons. The van der Waals surface area contributed by atoms with Gasteiger partial charge >= 0.3 is 5.97 Å². The summed E-state index contributed by atoms with van der Waals surface area (Å²) in [6, 6.07) is 12.6. The molecule has 1 aliphatic rings. The summed E-state index contributed by atoms with van der Waals surface area (Å²) < 4.78 is 21.7. The van der Waals surface area contributed by atoms with Gasteiger partial charge in [0.25, 0.3) is 11.8 Å². The van der Waals surface area contributed by atoms with Gasteiger partial charge in [0.15, 0.2) is 24.7 Å². The first kappa shape index (κ1) is 27.4. The van der Waals surface area contributed by atoms with Crippen LogP contribution in [0.3, 0.4) is 0 Å². The van der Waals surface area contributed by atoms with E-state index in [1.807, 2.05) is 19.1 Å². The first-order chi connectivity index (χ1) is 18.1. The molecule has 0 spiro atoms. The van der Waals surface area contributed by atoms with Crippen molar-refractivity contribution < 1.29 is 33.4 Å². The summed E-state index contributed by atoms with van der Waals surface area (Å²) in [6.07, 6.45) is -0.713. The zero-order valence-electron chi connectivity index (χ0n) is 21.6. The predicted octanol–water partition coefficient (Wildman–Crippen LogP) is 3.85. The molecule has 2 heterocycles. The summed E-state index contributed by atoms with van der Waals surface area (Å²) in [5.41, 5.74) is 0.979. The monoisotopic (exact) mass is 543 g/mol. The van der Waals surface area contributed by atoms with Gasteiger partial charge in [-0.3, -0.25) is 9.59 Å². The number of hydrogen-bond acceptors (Lipinski definition) is 9. The lowest BCUT2D eigenvalue weighted by atomic mass is 9.72. The third kappa shape index (κ3) is 5.92. The van der Waals surface area contributed by atoms with E-state index in [1.165, 1.54) is 14.0 Å². The summed E-state index contributed by atoms with van der Waals surface area (Å²) >= 11 is 5.95. The van der Waals surface area contributed by atoms with E-state index in [9.17, 15) is 14.7 Å². The van der Waals surface area contributed by atoms with Gasteiger partial charge in [-0.25, -0.2) is 0 Å². The van der Waals surface area contributed by atoms with Crippen molar-refractivity contribution in [3.05, 3.63) is 58.9 Å². The Balaban J connectivity index is 1.53. The number of esters is 1. The number of methoxy groups -OCH3 is 1. The van der Waals surface area contributed by atoms with E-state index in [-0.39, 0.29) is 30.9 Å². The van der Waals surface area contributed by atoms with Crippen LogP contribution in [-0.2, 0) is 20.9 Å². The molecule has 1 aromatic heterocycles. The first-order valence-corrected chi connectivity index (χ1v) is 12.5. The van der Waals surface area contributed by atoms with Crippen molar-refractivity contribution in [2.24, 2.45) is 5.41 Å². The average Bonchev–Trinajstić information content (AvgIpc) is 3.52. The summed E-state index contributed by atoms with van der Waals surface area (Å²) in [6.45, 7) is 5.23. The predicted molar refractivity (Wildman–Crippen MR) is 138 cm³/mol. The van der Waals surface area contributed by atoms with Gasteiger partial charge in [0.2, 0.25) is 5.82 Å².